The predicted octanol–water partition coefficient (Wildman–Crippen LogP) is 4.34. The van der Waals surface area contributed by atoms with Gasteiger partial charge in [0, 0.05) is 22.9 Å². The zero-order valence-electron chi connectivity index (χ0n) is 11.9. The molecule has 1 heterocycles. The van der Waals surface area contributed by atoms with Crippen LogP contribution >= 0.6 is 15.9 Å². The zero-order chi connectivity index (χ0) is 13.5. The maximum absolute atomic E-state index is 4.27. The van der Waals surface area contributed by atoms with Gasteiger partial charge in [0.2, 0.25) is 0 Å². The molecule has 0 radical (unpaired) electrons. The minimum absolute atomic E-state index is 0.601. The fourth-order valence-electron chi connectivity index (χ4n) is 3.20. The highest BCUT2D eigenvalue weighted by atomic mass is 79.9. The van der Waals surface area contributed by atoms with E-state index in [0.717, 1.165) is 23.4 Å². The van der Waals surface area contributed by atoms with E-state index >= 15 is 0 Å². The summed E-state index contributed by atoms with van der Waals surface area (Å²) >= 11 is 3.51. The third-order valence-corrected chi connectivity index (χ3v) is 4.51. The topological polar surface area (TPSA) is 24.9 Å². The minimum atomic E-state index is 0.601. The summed E-state index contributed by atoms with van der Waals surface area (Å²) in [6.07, 6.45) is 13.4. The van der Waals surface area contributed by atoms with E-state index in [9.17, 15) is 0 Å². The van der Waals surface area contributed by atoms with E-state index in [4.69, 9.17) is 0 Å². The van der Waals surface area contributed by atoms with Gasteiger partial charge in [0.1, 0.15) is 0 Å². The van der Waals surface area contributed by atoms with Crippen molar-refractivity contribution in [3.05, 3.63) is 28.5 Å². The van der Waals surface area contributed by atoms with Crippen LogP contribution in [0.1, 0.15) is 51.0 Å². The van der Waals surface area contributed by atoms with Gasteiger partial charge in [-0.3, -0.25) is 4.98 Å². The Morgan fingerprint density at radius 1 is 1.32 bits per heavy atom. The van der Waals surface area contributed by atoms with Crippen molar-refractivity contribution in [3.63, 3.8) is 0 Å². The van der Waals surface area contributed by atoms with Gasteiger partial charge in [0.05, 0.1) is 0 Å². The van der Waals surface area contributed by atoms with Crippen LogP contribution in [0.4, 0.5) is 0 Å². The lowest BCUT2D eigenvalue weighted by Gasteiger charge is -2.27. The van der Waals surface area contributed by atoms with Crippen LogP contribution in [0.15, 0.2) is 22.9 Å². The molecule has 1 N–H and O–H groups in total. The average Bonchev–Trinajstić information content (AvgIpc) is 2.40. The molecule has 1 aromatic rings. The maximum Gasteiger partial charge on any atom is 0.0410 e. The van der Waals surface area contributed by atoms with Crippen molar-refractivity contribution >= 4 is 15.9 Å². The molecule has 1 saturated carbocycles. The number of likely N-dealkylation sites (N-methyl/N-ethyl adjacent to an activating group) is 1. The standard InChI is InChI=1S/C16H25BrN2/c1-2-19-16(9-13-6-4-3-5-7-13)10-14-8-15(17)12-18-11-14/h8,11-13,16,19H,2-7,9-10H2,1H3. The number of nitrogens with one attached hydrogen (secondary N) is 1. The Morgan fingerprint density at radius 2 is 2.11 bits per heavy atom. The first kappa shape index (κ1) is 15.0. The summed E-state index contributed by atoms with van der Waals surface area (Å²) < 4.78 is 1.08. The van der Waals surface area contributed by atoms with E-state index in [1.165, 1.54) is 44.1 Å². The number of hydrogen-bond acceptors (Lipinski definition) is 2. The van der Waals surface area contributed by atoms with Gasteiger partial charge in [0.15, 0.2) is 0 Å². The van der Waals surface area contributed by atoms with Crippen LogP contribution in [0.2, 0.25) is 0 Å². The molecule has 0 aliphatic heterocycles. The van der Waals surface area contributed by atoms with Gasteiger partial charge in [-0.1, -0.05) is 39.0 Å². The predicted molar refractivity (Wildman–Crippen MR) is 84.3 cm³/mol. The first-order valence-corrected chi connectivity index (χ1v) is 8.40. The molecule has 106 valence electrons. The van der Waals surface area contributed by atoms with E-state index in [2.05, 4.69) is 39.2 Å². The van der Waals surface area contributed by atoms with E-state index in [1.54, 1.807) is 0 Å². The van der Waals surface area contributed by atoms with Crippen LogP contribution in [0.3, 0.4) is 0 Å². The highest BCUT2D eigenvalue weighted by Gasteiger charge is 2.18. The second kappa shape index (κ2) is 8.01. The Morgan fingerprint density at radius 3 is 2.79 bits per heavy atom. The third-order valence-electron chi connectivity index (χ3n) is 4.08. The first-order chi connectivity index (χ1) is 9.28. The van der Waals surface area contributed by atoms with E-state index < -0.39 is 0 Å². The molecule has 0 aromatic carbocycles. The van der Waals surface area contributed by atoms with Crippen molar-refractivity contribution in [1.82, 2.24) is 10.3 Å². The number of aromatic nitrogens is 1. The number of pyridine rings is 1. The molecule has 1 unspecified atom stereocenters. The lowest BCUT2D eigenvalue weighted by atomic mass is 9.83. The lowest BCUT2D eigenvalue weighted by Crippen LogP contribution is -2.33. The quantitative estimate of drug-likeness (QED) is 0.842. The lowest BCUT2D eigenvalue weighted by molar-refractivity contribution is 0.298. The molecular formula is C16H25BrN2. The first-order valence-electron chi connectivity index (χ1n) is 7.60. The maximum atomic E-state index is 4.27. The molecular weight excluding hydrogens is 300 g/mol. The Kier molecular flexibility index (Phi) is 6.32. The smallest absolute Gasteiger partial charge is 0.0410 e. The van der Waals surface area contributed by atoms with E-state index in [0.29, 0.717) is 6.04 Å². The van der Waals surface area contributed by atoms with Crippen molar-refractivity contribution < 1.29 is 0 Å². The Bertz CT molecular complexity index is 375. The van der Waals surface area contributed by atoms with Gasteiger partial charge >= 0.3 is 0 Å². The van der Waals surface area contributed by atoms with Crippen LogP contribution < -0.4 is 5.32 Å². The summed E-state index contributed by atoms with van der Waals surface area (Å²) in [6, 6.07) is 2.79. The molecule has 0 amide bonds. The molecule has 0 bridgehead atoms. The van der Waals surface area contributed by atoms with Crippen LogP contribution in [0.25, 0.3) is 0 Å². The van der Waals surface area contributed by atoms with Gasteiger partial charge in [-0.15, -0.1) is 0 Å². The third kappa shape index (κ3) is 5.23. The number of hydrogen-bond donors (Lipinski definition) is 1. The van der Waals surface area contributed by atoms with Crippen LogP contribution in [-0.2, 0) is 6.42 Å². The van der Waals surface area contributed by atoms with Crippen LogP contribution in [0.5, 0.6) is 0 Å². The number of halogens is 1. The summed E-state index contributed by atoms with van der Waals surface area (Å²) in [5.74, 6) is 0.929. The normalized spacial score (nSPS) is 18.4. The van der Waals surface area contributed by atoms with Crippen molar-refractivity contribution in [3.8, 4) is 0 Å². The monoisotopic (exact) mass is 324 g/mol. The molecule has 1 aliphatic rings. The molecule has 2 nitrogen and oxygen atoms in total. The largest absolute Gasteiger partial charge is 0.314 e. The van der Waals surface area contributed by atoms with Gasteiger partial charge in [-0.25, -0.2) is 0 Å². The van der Waals surface area contributed by atoms with Crippen molar-refractivity contribution in [2.24, 2.45) is 5.92 Å². The highest BCUT2D eigenvalue weighted by molar-refractivity contribution is 9.10. The molecule has 3 heteroatoms. The molecule has 2 rings (SSSR count). The fourth-order valence-corrected chi connectivity index (χ4v) is 3.62. The average molecular weight is 325 g/mol. The molecule has 1 aromatic heterocycles. The number of nitrogens with zero attached hydrogens (tertiary/aromatic N) is 1. The van der Waals surface area contributed by atoms with Gasteiger partial charge in [-0.2, -0.15) is 0 Å². The summed E-state index contributed by atoms with van der Waals surface area (Å²) in [6.45, 7) is 3.26. The zero-order valence-corrected chi connectivity index (χ0v) is 13.5. The molecule has 0 spiro atoms. The molecule has 19 heavy (non-hydrogen) atoms. The Labute approximate surface area is 125 Å². The summed E-state index contributed by atoms with van der Waals surface area (Å²) in [4.78, 5) is 4.27. The molecule has 0 saturated heterocycles. The summed E-state index contributed by atoms with van der Waals surface area (Å²) in [7, 11) is 0. The Hall–Kier alpha value is -0.410. The van der Waals surface area contributed by atoms with Crippen LogP contribution in [0, 0.1) is 5.92 Å². The van der Waals surface area contributed by atoms with Gasteiger partial charge in [0.25, 0.3) is 0 Å². The minimum Gasteiger partial charge on any atom is -0.314 e. The summed E-state index contributed by atoms with van der Waals surface area (Å²) in [5, 5.41) is 3.65. The van der Waals surface area contributed by atoms with Crippen molar-refractivity contribution in [1.29, 1.82) is 0 Å². The summed E-state index contributed by atoms with van der Waals surface area (Å²) in [5.41, 5.74) is 1.33. The van der Waals surface area contributed by atoms with E-state index in [1.807, 2.05) is 12.4 Å². The van der Waals surface area contributed by atoms with Crippen LogP contribution in [-0.4, -0.2) is 17.6 Å². The van der Waals surface area contributed by atoms with Gasteiger partial charge in [-0.05, 0) is 52.9 Å². The molecule has 1 atom stereocenters. The van der Waals surface area contributed by atoms with Crippen molar-refractivity contribution in [2.75, 3.05) is 6.54 Å². The highest BCUT2D eigenvalue weighted by Crippen LogP contribution is 2.28. The second-order valence-corrected chi connectivity index (χ2v) is 6.63. The Balaban J connectivity index is 1.91. The van der Waals surface area contributed by atoms with E-state index in [-0.39, 0.29) is 0 Å². The van der Waals surface area contributed by atoms with Gasteiger partial charge < -0.3 is 5.32 Å². The SMILES string of the molecule is CCNC(Cc1cncc(Br)c1)CC1CCCCC1. The fraction of sp³-hybridized carbons (Fsp3) is 0.688. The molecule has 1 aliphatic carbocycles. The second-order valence-electron chi connectivity index (χ2n) is 5.71. The molecule has 1 fully saturated rings. The number of rotatable bonds is 6. The van der Waals surface area contributed by atoms with Crippen molar-refractivity contribution in [2.45, 2.75) is 57.9 Å².